The van der Waals surface area contributed by atoms with Crippen LogP contribution in [-0.2, 0) is 20.6 Å². The molecule has 7 nitrogen and oxygen atoms in total. The highest BCUT2D eigenvalue weighted by Crippen LogP contribution is 2.21. The summed E-state index contributed by atoms with van der Waals surface area (Å²) in [6, 6.07) is 7.44. The first-order valence-corrected chi connectivity index (χ1v) is 7.97. The molecule has 3 rings (SSSR count). The number of nitrogens with zero attached hydrogens (tertiary/aromatic N) is 4. The molecule has 0 fully saturated rings. The summed E-state index contributed by atoms with van der Waals surface area (Å²) in [4.78, 5) is 29.2. The topological polar surface area (TPSA) is 73.8 Å². The van der Waals surface area contributed by atoms with Gasteiger partial charge in [-0.25, -0.2) is 4.79 Å². The Morgan fingerprint density at radius 3 is 2.54 bits per heavy atom. The van der Waals surface area contributed by atoms with Gasteiger partial charge in [-0.1, -0.05) is 29.8 Å². The summed E-state index contributed by atoms with van der Waals surface area (Å²) >= 11 is 6.26. The van der Waals surface area contributed by atoms with Crippen LogP contribution in [0, 0.1) is 0 Å². The highest BCUT2D eigenvalue weighted by atomic mass is 35.5. The largest absolute Gasteiger partial charge is 0.356 e. The number of aromatic nitrogens is 4. The smallest absolute Gasteiger partial charge is 0.332 e. The third kappa shape index (κ3) is 2.50. The van der Waals surface area contributed by atoms with Crippen LogP contribution in [0.2, 0.25) is 5.02 Å². The first kappa shape index (κ1) is 16.3. The predicted octanol–water partition coefficient (Wildman–Crippen LogP) is 1.57. The third-order valence-electron chi connectivity index (χ3n) is 3.97. The molecule has 0 amide bonds. The van der Waals surface area contributed by atoms with E-state index in [0.29, 0.717) is 35.2 Å². The van der Waals surface area contributed by atoms with Gasteiger partial charge in [-0.15, -0.1) is 0 Å². The minimum Gasteiger partial charge on any atom is -0.356 e. The van der Waals surface area contributed by atoms with Crippen molar-refractivity contribution in [2.45, 2.75) is 13.5 Å². The number of nitrogens with one attached hydrogen (secondary N) is 1. The quantitative estimate of drug-likeness (QED) is 0.777. The van der Waals surface area contributed by atoms with Gasteiger partial charge in [0.1, 0.15) is 0 Å². The summed E-state index contributed by atoms with van der Waals surface area (Å²) in [5, 5.41) is 3.76. The molecule has 24 heavy (non-hydrogen) atoms. The van der Waals surface area contributed by atoms with E-state index < -0.39 is 5.69 Å². The van der Waals surface area contributed by atoms with Gasteiger partial charge in [-0.05, 0) is 18.6 Å². The normalized spacial score (nSPS) is 11.2. The Morgan fingerprint density at radius 1 is 1.17 bits per heavy atom. The molecule has 1 N–H and O–H groups in total. The minimum absolute atomic E-state index is 0.353. The van der Waals surface area contributed by atoms with Gasteiger partial charge in [0.2, 0.25) is 5.95 Å². The fourth-order valence-corrected chi connectivity index (χ4v) is 2.89. The lowest BCUT2D eigenvalue weighted by atomic mass is 10.2. The molecule has 8 heteroatoms. The molecule has 0 radical (unpaired) electrons. The average molecular weight is 348 g/mol. The van der Waals surface area contributed by atoms with Crippen LogP contribution in [0.15, 0.2) is 33.9 Å². The molecule has 0 bridgehead atoms. The molecule has 0 aliphatic rings. The van der Waals surface area contributed by atoms with Gasteiger partial charge < -0.3 is 5.32 Å². The second kappa shape index (κ2) is 6.16. The number of hydrogen-bond acceptors (Lipinski definition) is 4. The predicted molar refractivity (Wildman–Crippen MR) is 94.9 cm³/mol. The van der Waals surface area contributed by atoms with Gasteiger partial charge in [0.15, 0.2) is 11.2 Å². The van der Waals surface area contributed by atoms with Crippen molar-refractivity contribution in [3.8, 4) is 0 Å². The van der Waals surface area contributed by atoms with Crippen LogP contribution in [0.25, 0.3) is 11.2 Å². The molecule has 0 saturated heterocycles. The monoisotopic (exact) mass is 347 g/mol. The summed E-state index contributed by atoms with van der Waals surface area (Å²) in [7, 11) is 3.07. The van der Waals surface area contributed by atoms with E-state index in [1.165, 1.54) is 11.6 Å². The second-order valence-corrected chi connectivity index (χ2v) is 5.93. The zero-order chi connectivity index (χ0) is 17.4. The molecule has 0 spiro atoms. The first-order valence-electron chi connectivity index (χ1n) is 7.59. The van der Waals surface area contributed by atoms with Crippen molar-refractivity contribution >= 4 is 28.7 Å². The van der Waals surface area contributed by atoms with Crippen molar-refractivity contribution in [3.05, 3.63) is 55.7 Å². The number of imidazole rings is 1. The van der Waals surface area contributed by atoms with Crippen LogP contribution in [0.1, 0.15) is 12.5 Å². The summed E-state index contributed by atoms with van der Waals surface area (Å²) in [5.41, 5.74) is 0.810. The van der Waals surface area contributed by atoms with E-state index in [9.17, 15) is 9.59 Å². The lowest BCUT2D eigenvalue weighted by Crippen LogP contribution is -2.37. The summed E-state index contributed by atoms with van der Waals surface area (Å²) in [6.45, 7) is 2.96. The van der Waals surface area contributed by atoms with Gasteiger partial charge in [0.05, 0.1) is 6.54 Å². The molecule has 2 heterocycles. The van der Waals surface area contributed by atoms with E-state index in [-0.39, 0.29) is 5.56 Å². The molecule has 126 valence electrons. The zero-order valence-corrected chi connectivity index (χ0v) is 14.5. The Hall–Kier alpha value is -2.54. The van der Waals surface area contributed by atoms with Gasteiger partial charge in [0.25, 0.3) is 5.56 Å². The van der Waals surface area contributed by atoms with Gasteiger partial charge >= 0.3 is 5.69 Å². The third-order valence-corrected chi connectivity index (χ3v) is 4.34. The van der Waals surface area contributed by atoms with Crippen LogP contribution in [0.3, 0.4) is 0 Å². The number of anilines is 1. The standard InChI is InChI=1S/C16H18ClN5O2/c1-4-18-15-19-13-12(14(23)21(3)16(24)20(13)2)22(15)9-10-7-5-6-8-11(10)17/h5-8H,4,9H2,1-3H3,(H,18,19). The fourth-order valence-electron chi connectivity index (χ4n) is 2.69. The maximum atomic E-state index is 12.6. The Bertz CT molecular complexity index is 1030. The van der Waals surface area contributed by atoms with E-state index in [1.54, 1.807) is 17.7 Å². The van der Waals surface area contributed by atoms with Crippen LogP contribution in [0.4, 0.5) is 5.95 Å². The van der Waals surface area contributed by atoms with Crippen molar-refractivity contribution in [2.75, 3.05) is 11.9 Å². The van der Waals surface area contributed by atoms with Crippen LogP contribution in [-0.4, -0.2) is 25.2 Å². The number of benzene rings is 1. The molecule has 3 aromatic rings. The van der Waals surface area contributed by atoms with Crippen molar-refractivity contribution in [2.24, 2.45) is 14.1 Å². The minimum atomic E-state index is -0.405. The molecular formula is C16H18ClN5O2. The summed E-state index contributed by atoms with van der Waals surface area (Å²) in [6.07, 6.45) is 0. The van der Waals surface area contributed by atoms with E-state index in [4.69, 9.17) is 11.6 Å². The van der Waals surface area contributed by atoms with Crippen molar-refractivity contribution < 1.29 is 0 Å². The molecule has 0 unspecified atom stereocenters. The molecule has 1 aromatic carbocycles. The average Bonchev–Trinajstić information content (AvgIpc) is 2.92. The highest BCUT2D eigenvalue weighted by molar-refractivity contribution is 6.31. The van der Waals surface area contributed by atoms with E-state index >= 15 is 0 Å². The number of fused-ring (bicyclic) bond motifs is 1. The molecular weight excluding hydrogens is 330 g/mol. The van der Waals surface area contributed by atoms with Crippen LogP contribution in [0.5, 0.6) is 0 Å². The molecule has 2 aromatic heterocycles. The van der Waals surface area contributed by atoms with E-state index in [1.807, 2.05) is 25.1 Å². The Kier molecular flexibility index (Phi) is 4.19. The lowest BCUT2D eigenvalue weighted by molar-refractivity contribution is 0.702. The van der Waals surface area contributed by atoms with Gasteiger partial charge in [-0.2, -0.15) is 4.98 Å². The maximum absolute atomic E-state index is 12.6. The maximum Gasteiger partial charge on any atom is 0.332 e. The molecule has 0 atom stereocenters. The Labute approximate surface area is 143 Å². The van der Waals surface area contributed by atoms with Crippen molar-refractivity contribution in [1.29, 1.82) is 0 Å². The lowest BCUT2D eigenvalue weighted by Gasteiger charge is -2.11. The van der Waals surface area contributed by atoms with Gasteiger partial charge in [0, 0.05) is 25.7 Å². The summed E-state index contributed by atoms with van der Waals surface area (Å²) in [5.74, 6) is 0.533. The molecule has 0 aliphatic heterocycles. The van der Waals surface area contributed by atoms with Crippen LogP contribution >= 0.6 is 11.6 Å². The first-order chi connectivity index (χ1) is 11.5. The Balaban J connectivity index is 2.33. The number of hydrogen-bond donors (Lipinski definition) is 1. The molecule has 0 aliphatic carbocycles. The molecule has 0 saturated carbocycles. The van der Waals surface area contributed by atoms with Gasteiger partial charge in [-0.3, -0.25) is 18.5 Å². The van der Waals surface area contributed by atoms with Crippen molar-refractivity contribution in [3.63, 3.8) is 0 Å². The number of aryl methyl sites for hydroxylation is 1. The zero-order valence-electron chi connectivity index (χ0n) is 13.7. The number of halogens is 1. The highest BCUT2D eigenvalue weighted by Gasteiger charge is 2.19. The SMILES string of the molecule is CCNc1nc2c(c(=O)n(C)c(=O)n2C)n1Cc1ccccc1Cl. The van der Waals surface area contributed by atoms with E-state index in [0.717, 1.165) is 10.1 Å². The van der Waals surface area contributed by atoms with E-state index in [2.05, 4.69) is 10.3 Å². The second-order valence-electron chi connectivity index (χ2n) is 5.52. The van der Waals surface area contributed by atoms with Crippen LogP contribution < -0.4 is 16.6 Å². The fraction of sp³-hybridized carbons (Fsp3) is 0.312. The summed E-state index contributed by atoms with van der Waals surface area (Å²) < 4.78 is 4.23. The number of rotatable bonds is 4. The van der Waals surface area contributed by atoms with Crippen molar-refractivity contribution in [1.82, 2.24) is 18.7 Å². The Morgan fingerprint density at radius 2 is 1.88 bits per heavy atom.